The van der Waals surface area contributed by atoms with Gasteiger partial charge in [-0.1, -0.05) is 12.8 Å². The minimum atomic E-state index is -0.776. The Morgan fingerprint density at radius 1 is 1.29 bits per heavy atom. The van der Waals surface area contributed by atoms with E-state index in [2.05, 4.69) is 20.7 Å². The van der Waals surface area contributed by atoms with Crippen LogP contribution in [0.1, 0.15) is 36.0 Å². The van der Waals surface area contributed by atoms with Crippen LogP contribution >= 0.6 is 0 Å². The number of halogens is 1. The highest BCUT2D eigenvalue weighted by Gasteiger charge is 2.24. The molecule has 1 aromatic carbocycles. The number of benzene rings is 1. The van der Waals surface area contributed by atoms with Crippen molar-refractivity contribution in [1.29, 1.82) is 0 Å². The zero-order chi connectivity index (χ0) is 25.1. The maximum atomic E-state index is 14.8. The normalized spacial score (nSPS) is 18.0. The largest absolute Gasteiger partial charge is 0.383 e. The topological polar surface area (TPSA) is 136 Å². The summed E-state index contributed by atoms with van der Waals surface area (Å²) in [5.41, 5.74) is 13.3. The van der Waals surface area contributed by atoms with Gasteiger partial charge < -0.3 is 31.7 Å². The molecule has 6 N–H and O–H groups in total. The van der Waals surface area contributed by atoms with Gasteiger partial charge in [0.05, 0.1) is 17.7 Å². The fourth-order valence-electron chi connectivity index (χ4n) is 4.47. The van der Waals surface area contributed by atoms with Gasteiger partial charge in [-0.3, -0.25) is 9.48 Å². The maximum Gasteiger partial charge on any atom is 0.252 e. The standard InChI is InChI=1S/C24H33FN8O2/c1-32(10-11-35-3)24-15-12-14(8-9-20(15)33(2)31-24)28-22-16(21(27)34)13-17(25)23(30-22)29-19-7-5-4-6-18(19)26/h8-9,12-13,18-19H,4-7,10-11,26H2,1-3H3,(H2,27,34)(H2,28,29,30)/t18-,19+/m0/s1. The zero-order valence-corrected chi connectivity index (χ0v) is 20.3. The first kappa shape index (κ1) is 24.7. The monoisotopic (exact) mass is 484 g/mol. The van der Waals surface area contributed by atoms with E-state index in [1.165, 1.54) is 0 Å². The number of aromatic nitrogens is 3. The van der Waals surface area contributed by atoms with E-state index in [9.17, 15) is 9.18 Å². The van der Waals surface area contributed by atoms with Crippen LogP contribution in [0.25, 0.3) is 10.9 Å². The Balaban J connectivity index is 1.67. The van der Waals surface area contributed by atoms with Crippen LogP contribution in [0.5, 0.6) is 0 Å². The van der Waals surface area contributed by atoms with Crippen molar-refractivity contribution in [3.63, 3.8) is 0 Å². The van der Waals surface area contributed by atoms with Crippen LogP contribution in [0.4, 0.5) is 27.5 Å². The van der Waals surface area contributed by atoms with Gasteiger partial charge in [0, 0.05) is 50.9 Å². The van der Waals surface area contributed by atoms with Crippen LogP contribution in [-0.4, -0.2) is 60.1 Å². The molecule has 10 nitrogen and oxygen atoms in total. The molecule has 0 saturated heterocycles. The first-order valence-corrected chi connectivity index (χ1v) is 11.7. The lowest BCUT2D eigenvalue weighted by Crippen LogP contribution is -2.43. The number of likely N-dealkylation sites (N-methyl/N-ethyl adjacent to an activating group) is 1. The third kappa shape index (κ3) is 5.30. The van der Waals surface area contributed by atoms with E-state index in [-0.39, 0.29) is 29.3 Å². The molecule has 1 aliphatic rings. The number of rotatable bonds is 9. The number of nitrogens with zero attached hydrogens (tertiary/aromatic N) is 4. The Hall–Kier alpha value is -3.44. The first-order chi connectivity index (χ1) is 16.8. The molecule has 35 heavy (non-hydrogen) atoms. The minimum Gasteiger partial charge on any atom is -0.383 e. The molecule has 1 fully saturated rings. The van der Waals surface area contributed by atoms with E-state index < -0.39 is 11.7 Å². The van der Waals surface area contributed by atoms with Gasteiger partial charge in [0.25, 0.3) is 5.91 Å². The summed E-state index contributed by atoms with van der Waals surface area (Å²) in [6, 6.07) is 6.63. The summed E-state index contributed by atoms with van der Waals surface area (Å²) in [6.07, 6.45) is 3.78. The van der Waals surface area contributed by atoms with Gasteiger partial charge in [0.1, 0.15) is 5.82 Å². The Labute approximate surface area is 203 Å². The lowest BCUT2D eigenvalue weighted by molar-refractivity contribution is 0.100. The van der Waals surface area contributed by atoms with E-state index in [0.29, 0.717) is 18.8 Å². The molecular weight excluding hydrogens is 451 g/mol. The number of amides is 1. The SMILES string of the molecule is COCCN(C)c1nn(C)c2ccc(Nc3nc(N[C@@H]4CCCC[C@@H]4N)c(F)cc3C(N)=O)cc12. The van der Waals surface area contributed by atoms with Crippen LogP contribution in [0.15, 0.2) is 24.3 Å². The molecule has 0 spiro atoms. The number of carbonyl (C=O) groups is 1. The molecule has 2 heterocycles. The molecule has 3 aromatic rings. The summed E-state index contributed by atoms with van der Waals surface area (Å²) in [6.45, 7) is 1.23. The summed E-state index contributed by atoms with van der Waals surface area (Å²) in [7, 11) is 5.48. The number of nitrogens with one attached hydrogen (secondary N) is 2. The number of hydrogen-bond acceptors (Lipinski definition) is 8. The fourth-order valence-corrected chi connectivity index (χ4v) is 4.47. The Morgan fingerprint density at radius 2 is 2.06 bits per heavy atom. The van der Waals surface area contributed by atoms with E-state index in [1.54, 1.807) is 11.8 Å². The van der Waals surface area contributed by atoms with Gasteiger partial charge in [-0.25, -0.2) is 9.37 Å². The molecule has 1 aliphatic carbocycles. The summed E-state index contributed by atoms with van der Waals surface area (Å²) in [4.78, 5) is 18.5. The van der Waals surface area contributed by atoms with E-state index in [1.807, 2.05) is 37.2 Å². The summed E-state index contributed by atoms with van der Waals surface area (Å²) in [5.74, 6) is -0.418. The van der Waals surface area contributed by atoms with Gasteiger partial charge in [0.2, 0.25) is 0 Å². The second-order valence-electron chi connectivity index (χ2n) is 9.00. The summed E-state index contributed by atoms with van der Waals surface area (Å²) >= 11 is 0. The number of fused-ring (bicyclic) bond motifs is 1. The van der Waals surface area contributed by atoms with Crippen molar-refractivity contribution in [2.45, 2.75) is 37.8 Å². The molecule has 0 radical (unpaired) electrons. The zero-order valence-electron chi connectivity index (χ0n) is 20.3. The Morgan fingerprint density at radius 3 is 2.77 bits per heavy atom. The van der Waals surface area contributed by atoms with Gasteiger partial charge in [-0.05, 0) is 37.1 Å². The first-order valence-electron chi connectivity index (χ1n) is 11.7. The van der Waals surface area contributed by atoms with Crippen molar-refractivity contribution >= 4 is 40.0 Å². The molecule has 0 unspecified atom stereocenters. The average Bonchev–Trinajstić information content (AvgIpc) is 3.16. The molecule has 0 bridgehead atoms. The van der Waals surface area contributed by atoms with Gasteiger partial charge in [-0.15, -0.1) is 0 Å². The summed E-state index contributed by atoms with van der Waals surface area (Å²) in [5, 5.41) is 11.8. The molecule has 11 heteroatoms. The molecule has 188 valence electrons. The van der Waals surface area contributed by atoms with Gasteiger partial charge in [-0.2, -0.15) is 5.10 Å². The Kier molecular flexibility index (Phi) is 7.37. The molecule has 0 aliphatic heterocycles. The van der Waals surface area contributed by atoms with Crippen LogP contribution < -0.4 is 27.0 Å². The smallest absolute Gasteiger partial charge is 0.252 e. The highest BCUT2D eigenvalue weighted by Crippen LogP contribution is 2.31. The number of primary amides is 1. The number of nitrogens with two attached hydrogens (primary N) is 2. The van der Waals surface area contributed by atoms with E-state index in [4.69, 9.17) is 16.2 Å². The molecule has 1 saturated carbocycles. The number of aryl methyl sites for hydroxylation is 1. The van der Waals surface area contributed by atoms with Gasteiger partial charge >= 0.3 is 0 Å². The third-order valence-electron chi connectivity index (χ3n) is 6.47. The molecule has 4 rings (SSSR count). The van der Waals surface area contributed by atoms with Gasteiger partial charge in [0.15, 0.2) is 17.5 Å². The number of carbonyl (C=O) groups excluding carboxylic acids is 1. The van der Waals surface area contributed by atoms with Crippen LogP contribution in [-0.2, 0) is 11.8 Å². The predicted octanol–water partition coefficient (Wildman–Crippen LogP) is 2.71. The van der Waals surface area contributed by atoms with Crippen LogP contribution in [0.3, 0.4) is 0 Å². The number of ether oxygens (including phenoxy) is 1. The predicted molar refractivity (Wildman–Crippen MR) is 136 cm³/mol. The molecule has 2 aromatic heterocycles. The number of methoxy groups -OCH3 is 1. The number of pyridine rings is 1. The Bertz CT molecular complexity index is 1210. The maximum absolute atomic E-state index is 14.8. The van der Waals surface area contributed by atoms with Crippen molar-refractivity contribution in [3.05, 3.63) is 35.6 Å². The van der Waals surface area contributed by atoms with Crippen molar-refractivity contribution in [2.75, 3.05) is 42.8 Å². The minimum absolute atomic E-state index is 0.0373. The number of hydrogen-bond donors (Lipinski definition) is 4. The van der Waals surface area contributed by atoms with E-state index >= 15 is 0 Å². The number of anilines is 4. The van der Waals surface area contributed by atoms with Crippen LogP contribution in [0.2, 0.25) is 0 Å². The summed E-state index contributed by atoms with van der Waals surface area (Å²) < 4.78 is 21.8. The van der Waals surface area contributed by atoms with Crippen molar-refractivity contribution in [3.8, 4) is 0 Å². The highest BCUT2D eigenvalue weighted by atomic mass is 19.1. The third-order valence-corrected chi connectivity index (χ3v) is 6.47. The molecule has 2 atom stereocenters. The van der Waals surface area contributed by atoms with Crippen LogP contribution in [0, 0.1) is 5.82 Å². The molecular formula is C24H33FN8O2. The second-order valence-corrected chi connectivity index (χ2v) is 9.00. The molecule has 1 amide bonds. The highest BCUT2D eigenvalue weighted by molar-refractivity contribution is 5.99. The van der Waals surface area contributed by atoms with E-state index in [0.717, 1.165) is 48.5 Å². The average molecular weight is 485 g/mol. The lowest BCUT2D eigenvalue weighted by atomic mass is 9.91. The van der Waals surface area contributed by atoms with Crippen molar-refractivity contribution in [1.82, 2.24) is 14.8 Å². The fraction of sp³-hybridized carbons (Fsp3) is 0.458. The second kappa shape index (κ2) is 10.4. The van der Waals surface area contributed by atoms with Crippen molar-refractivity contribution < 1.29 is 13.9 Å². The van der Waals surface area contributed by atoms with Crippen molar-refractivity contribution in [2.24, 2.45) is 18.5 Å². The quantitative estimate of drug-likeness (QED) is 0.364. The lowest BCUT2D eigenvalue weighted by Gasteiger charge is -2.30.